The van der Waals surface area contributed by atoms with Gasteiger partial charge in [-0.15, -0.1) is 0 Å². The summed E-state index contributed by atoms with van der Waals surface area (Å²) in [7, 11) is 1.63. The maximum atomic E-state index is 12.5. The highest BCUT2D eigenvalue weighted by atomic mass is 79.9. The first-order valence-corrected chi connectivity index (χ1v) is 7.55. The number of methoxy groups -OCH3 is 1. The molecule has 0 atom stereocenters. The number of hydrogen-bond acceptors (Lipinski definition) is 2. The van der Waals surface area contributed by atoms with Crippen molar-refractivity contribution in [2.75, 3.05) is 12.4 Å². The number of nitrogens with one attached hydrogen (secondary N) is 1. The van der Waals surface area contributed by atoms with Gasteiger partial charge in [0.1, 0.15) is 11.4 Å². The molecular weight excluding hydrogens is 332 g/mol. The van der Waals surface area contributed by atoms with Gasteiger partial charge >= 0.3 is 0 Å². The zero-order chi connectivity index (χ0) is 15.6. The van der Waals surface area contributed by atoms with Crippen LogP contribution in [0.25, 0.3) is 0 Å². The van der Waals surface area contributed by atoms with Gasteiger partial charge in [0.2, 0.25) is 0 Å². The summed E-state index contributed by atoms with van der Waals surface area (Å²) >= 11 is 3.42. The van der Waals surface area contributed by atoms with Crippen molar-refractivity contribution < 1.29 is 9.53 Å². The average Bonchev–Trinajstić information content (AvgIpc) is 2.83. The van der Waals surface area contributed by atoms with E-state index in [9.17, 15) is 4.79 Å². The molecule has 1 N–H and O–H groups in total. The number of hydrogen-bond donors (Lipinski definition) is 1. The van der Waals surface area contributed by atoms with E-state index in [2.05, 4.69) is 21.2 Å². The van der Waals surface area contributed by atoms with Crippen LogP contribution in [0, 0.1) is 6.92 Å². The molecule has 1 amide bonds. The van der Waals surface area contributed by atoms with E-state index in [1.807, 2.05) is 55.8 Å². The monoisotopic (exact) mass is 350 g/mol. The van der Waals surface area contributed by atoms with Crippen LogP contribution in [0.3, 0.4) is 0 Å². The molecule has 0 aliphatic carbocycles. The van der Waals surface area contributed by atoms with E-state index in [1.54, 1.807) is 7.11 Å². The molecule has 0 bridgehead atoms. The molecule has 2 aromatic rings. The van der Waals surface area contributed by atoms with Gasteiger partial charge in [-0.25, -0.2) is 0 Å². The van der Waals surface area contributed by atoms with Gasteiger partial charge in [0.25, 0.3) is 5.91 Å². The highest BCUT2D eigenvalue weighted by molar-refractivity contribution is 9.10. The standard InChI is InChI=1S/C16H19BrN2O2/c1-10(2)19-9-12(17)8-15(19)16(20)18-14-6-5-13(21-4)7-11(14)3/h5-10H,1-4H3,(H,18,20). The third-order valence-electron chi connectivity index (χ3n) is 3.29. The van der Waals surface area contributed by atoms with E-state index in [0.717, 1.165) is 21.5 Å². The molecule has 0 spiro atoms. The van der Waals surface area contributed by atoms with Crippen molar-refractivity contribution in [1.82, 2.24) is 4.57 Å². The first-order valence-electron chi connectivity index (χ1n) is 6.75. The highest BCUT2D eigenvalue weighted by Crippen LogP contribution is 2.24. The number of ether oxygens (including phenoxy) is 1. The average molecular weight is 351 g/mol. The lowest BCUT2D eigenvalue weighted by molar-refractivity contribution is 0.101. The van der Waals surface area contributed by atoms with Gasteiger partial charge < -0.3 is 14.6 Å². The third kappa shape index (κ3) is 3.47. The number of aromatic nitrogens is 1. The molecule has 1 heterocycles. The zero-order valence-electron chi connectivity index (χ0n) is 12.6. The van der Waals surface area contributed by atoms with E-state index in [0.29, 0.717) is 5.69 Å². The maximum absolute atomic E-state index is 12.5. The summed E-state index contributed by atoms with van der Waals surface area (Å²) in [4.78, 5) is 12.5. The van der Waals surface area contributed by atoms with Crippen molar-refractivity contribution in [1.29, 1.82) is 0 Å². The Kier molecular flexibility index (Phi) is 4.73. The summed E-state index contributed by atoms with van der Waals surface area (Å²) in [6.07, 6.45) is 1.92. The van der Waals surface area contributed by atoms with Crippen molar-refractivity contribution in [3.05, 3.63) is 46.2 Å². The molecule has 0 aliphatic heterocycles. The quantitative estimate of drug-likeness (QED) is 0.887. The zero-order valence-corrected chi connectivity index (χ0v) is 14.2. The summed E-state index contributed by atoms with van der Waals surface area (Å²) in [5.74, 6) is 0.654. The van der Waals surface area contributed by atoms with Gasteiger partial charge in [-0.1, -0.05) is 0 Å². The predicted octanol–water partition coefficient (Wildman–Crippen LogP) is 4.40. The SMILES string of the molecule is COc1ccc(NC(=O)c2cc(Br)cn2C(C)C)c(C)c1. The molecule has 0 unspecified atom stereocenters. The summed E-state index contributed by atoms with van der Waals surface area (Å²) in [6.45, 7) is 6.03. The number of anilines is 1. The Morgan fingerprint density at radius 1 is 1.33 bits per heavy atom. The molecule has 0 aliphatic rings. The summed E-state index contributed by atoms with van der Waals surface area (Å²) < 4.78 is 8.01. The fourth-order valence-corrected chi connectivity index (χ4v) is 2.58. The molecule has 1 aromatic heterocycles. The number of aryl methyl sites for hydroxylation is 1. The summed E-state index contributed by atoms with van der Waals surface area (Å²) in [5.41, 5.74) is 2.38. The molecule has 112 valence electrons. The van der Waals surface area contributed by atoms with Gasteiger partial charge in [-0.3, -0.25) is 4.79 Å². The van der Waals surface area contributed by atoms with E-state index in [4.69, 9.17) is 4.74 Å². The van der Waals surface area contributed by atoms with E-state index in [-0.39, 0.29) is 11.9 Å². The summed E-state index contributed by atoms with van der Waals surface area (Å²) in [6, 6.07) is 7.62. The Morgan fingerprint density at radius 3 is 2.62 bits per heavy atom. The Bertz CT molecular complexity index is 662. The Labute approximate surface area is 133 Å². The van der Waals surface area contributed by atoms with Crippen molar-refractivity contribution in [2.45, 2.75) is 26.8 Å². The number of nitrogens with zero attached hydrogens (tertiary/aromatic N) is 1. The molecule has 2 rings (SSSR count). The molecule has 0 radical (unpaired) electrons. The fraction of sp³-hybridized carbons (Fsp3) is 0.312. The van der Waals surface area contributed by atoms with Crippen LogP contribution in [-0.2, 0) is 0 Å². The van der Waals surface area contributed by atoms with Gasteiger partial charge in [0.15, 0.2) is 0 Å². The van der Waals surface area contributed by atoms with Crippen LogP contribution in [0.15, 0.2) is 34.9 Å². The first-order chi connectivity index (χ1) is 9.92. The number of carbonyl (C=O) groups excluding carboxylic acids is 1. The van der Waals surface area contributed by atoms with Crippen LogP contribution in [0.5, 0.6) is 5.75 Å². The number of benzene rings is 1. The Hall–Kier alpha value is -1.75. The second kappa shape index (κ2) is 6.35. The number of rotatable bonds is 4. The second-order valence-electron chi connectivity index (χ2n) is 5.18. The normalized spacial score (nSPS) is 10.8. The molecule has 21 heavy (non-hydrogen) atoms. The van der Waals surface area contributed by atoms with Crippen LogP contribution in [0.2, 0.25) is 0 Å². The van der Waals surface area contributed by atoms with Crippen molar-refractivity contribution in [3.8, 4) is 5.75 Å². The largest absolute Gasteiger partial charge is 0.497 e. The third-order valence-corrected chi connectivity index (χ3v) is 3.72. The Balaban J connectivity index is 2.26. The van der Waals surface area contributed by atoms with Crippen LogP contribution < -0.4 is 10.1 Å². The molecule has 0 fully saturated rings. The lowest BCUT2D eigenvalue weighted by Crippen LogP contribution is -2.18. The molecule has 0 saturated carbocycles. The van der Waals surface area contributed by atoms with Crippen molar-refractivity contribution >= 4 is 27.5 Å². The van der Waals surface area contributed by atoms with Crippen LogP contribution in [-0.4, -0.2) is 17.6 Å². The molecule has 5 heteroatoms. The second-order valence-corrected chi connectivity index (χ2v) is 6.10. The Morgan fingerprint density at radius 2 is 2.05 bits per heavy atom. The van der Waals surface area contributed by atoms with Gasteiger partial charge in [-0.2, -0.15) is 0 Å². The van der Waals surface area contributed by atoms with E-state index in [1.165, 1.54) is 0 Å². The maximum Gasteiger partial charge on any atom is 0.272 e. The molecular formula is C16H19BrN2O2. The molecule has 4 nitrogen and oxygen atoms in total. The minimum Gasteiger partial charge on any atom is -0.497 e. The first kappa shape index (κ1) is 15.6. The van der Waals surface area contributed by atoms with Crippen molar-refractivity contribution in [3.63, 3.8) is 0 Å². The smallest absolute Gasteiger partial charge is 0.272 e. The lowest BCUT2D eigenvalue weighted by Gasteiger charge is -2.14. The van der Waals surface area contributed by atoms with Gasteiger partial charge in [-0.05, 0) is 66.5 Å². The van der Waals surface area contributed by atoms with E-state index < -0.39 is 0 Å². The minimum atomic E-state index is -0.123. The molecule has 1 aromatic carbocycles. The number of amides is 1. The minimum absolute atomic E-state index is 0.123. The predicted molar refractivity (Wildman–Crippen MR) is 88.2 cm³/mol. The van der Waals surface area contributed by atoms with Crippen LogP contribution >= 0.6 is 15.9 Å². The molecule has 0 saturated heterocycles. The van der Waals surface area contributed by atoms with Crippen molar-refractivity contribution in [2.24, 2.45) is 0 Å². The number of carbonyl (C=O) groups is 1. The van der Waals surface area contributed by atoms with Crippen LogP contribution in [0.4, 0.5) is 5.69 Å². The van der Waals surface area contributed by atoms with Crippen LogP contribution in [0.1, 0.15) is 35.9 Å². The van der Waals surface area contributed by atoms with E-state index >= 15 is 0 Å². The number of halogens is 1. The highest BCUT2D eigenvalue weighted by Gasteiger charge is 2.16. The van der Waals surface area contributed by atoms with Gasteiger partial charge in [0, 0.05) is 22.4 Å². The summed E-state index contributed by atoms with van der Waals surface area (Å²) in [5, 5.41) is 2.95. The van der Waals surface area contributed by atoms with Gasteiger partial charge in [0.05, 0.1) is 7.11 Å². The fourth-order valence-electron chi connectivity index (χ4n) is 2.14. The lowest BCUT2D eigenvalue weighted by atomic mass is 10.2. The topological polar surface area (TPSA) is 43.3 Å².